The van der Waals surface area contributed by atoms with Crippen LogP contribution in [0.3, 0.4) is 0 Å². The van der Waals surface area contributed by atoms with E-state index in [-0.39, 0.29) is 40.5 Å². The molecule has 2 saturated carbocycles. The molecule has 2 fully saturated rings. The zero-order valence-electron chi connectivity index (χ0n) is 17.1. The number of aliphatic hydroxyl groups excluding tert-OH is 1. The van der Waals surface area contributed by atoms with Crippen LogP contribution in [0.1, 0.15) is 60.3 Å². The number of aliphatic hydroxyl groups is 1. The smallest absolute Gasteiger partial charge is 0.303 e. The lowest BCUT2D eigenvalue weighted by molar-refractivity contribution is -0.155. The third-order valence-corrected chi connectivity index (χ3v) is 7.99. The summed E-state index contributed by atoms with van der Waals surface area (Å²) in [7, 11) is 0. The summed E-state index contributed by atoms with van der Waals surface area (Å²) in [5, 5.41) is 10.5. The average molecular weight is 376 g/mol. The molecule has 0 bridgehead atoms. The molecule has 0 radical (unpaired) electrons. The second kappa shape index (κ2) is 6.15. The lowest BCUT2D eigenvalue weighted by Crippen LogP contribution is -2.40. The van der Waals surface area contributed by atoms with Gasteiger partial charge in [-0.1, -0.05) is 27.7 Å². The molecular formula is C22H32O5. The van der Waals surface area contributed by atoms with Gasteiger partial charge in [-0.05, 0) is 53.6 Å². The second-order valence-corrected chi connectivity index (χ2v) is 9.97. The fraction of sp³-hybridized carbons (Fsp3) is 0.818. The van der Waals surface area contributed by atoms with Crippen molar-refractivity contribution in [2.24, 2.45) is 28.6 Å². The Hall–Kier alpha value is -1.20. The summed E-state index contributed by atoms with van der Waals surface area (Å²) in [4.78, 5) is 25.3. The van der Waals surface area contributed by atoms with Crippen molar-refractivity contribution in [2.75, 3.05) is 6.61 Å². The number of carbonyl (C=O) groups excluding carboxylic acids is 2. The number of hydrogen-bond donors (Lipinski definition) is 1. The maximum Gasteiger partial charge on any atom is 0.303 e. The van der Waals surface area contributed by atoms with Gasteiger partial charge in [-0.2, -0.15) is 0 Å². The third kappa shape index (κ3) is 2.57. The van der Waals surface area contributed by atoms with E-state index in [0.29, 0.717) is 6.61 Å². The minimum Gasteiger partial charge on any atom is -0.454 e. The highest BCUT2D eigenvalue weighted by Gasteiger charge is 2.66. The van der Waals surface area contributed by atoms with E-state index in [1.54, 1.807) is 0 Å². The van der Waals surface area contributed by atoms with Crippen LogP contribution in [0.2, 0.25) is 0 Å². The topological polar surface area (TPSA) is 72.8 Å². The predicted molar refractivity (Wildman–Crippen MR) is 99.8 cm³/mol. The summed E-state index contributed by atoms with van der Waals surface area (Å²) >= 11 is 0. The van der Waals surface area contributed by atoms with Gasteiger partial charge in [-0.15, -0.1) is 0 Å². The Kier molecular flexibility index (Phi) is 4.36. The summed E-state index contributed by atoms with van der Waals surface area (Å²) in [6.07, 6.45) is 2.16. The van der Waals surface area contributed by atoms with Gasteiger partial charge >= 0.3 is 5.97 Å². The Bertz CT molecular complexity index is 709. The molecule has 0 aromatic heterocycles. The van der Waals surface area contributed by atoms with Gasteiger partial charge in [0.25, 0.3) is 0 Å². The molecule has 3 aliphatic carbocycles. The van der Waals surface area contributed by atoms with Crippen molar-refractivity contribution in [3.05, 3.63) is 11.1 Å². The van der Waals surface area contributed by atoms with Crippen molar-refractivity contribution in [1.82, 2.24) is 0 Å². The van der Waals surface area contributed by atoms with Crippen LogP contribution in [0.5, 0.6) is 0 Å². The van der Waals surface area contributed by atoms with Crippen molar-refractivity contribution in [3.63, 3.8) is 0 Å². The van der Waals surface area contributed by atoms with Crippen LogP contribution in [0, 0.1) is 28.6 Å². The molecule has 1 aliphatic heterocycles. The van der Waals surface area contributed by atoms with Gasteiger partial charge in [0, 0.05) is 12.8 Å². The Balaban J connectivity index is 1.84. The Morgan fingerprint density at radius 1 is 1.26 bits per heavy atom. The molecular weight excluding hydrogens is 344 g/mol. The van der Waals surface area contributed by atoms with Gasteiger partial charge in [0.05, 0.1) is 24.7 Å². The van der Waals surface area contributed by atoms with Crippen molar-refractivity contribution in [3.8, 4) is 0 Å². The molecule has 4 rings (SSSR count). The minimum atomic E-state index is -0.691. The van der Waals surface area contributed by atoms with E-state index in [1.165, 1.54) is 12.5 Å². The third-order valence-electron chi connectivity index (χ3n) is 7.99. The van der Waals surface area contributed by atoms with Gasteiger partial charge in [0.1, 0.15) is 0 Å². The molecule has 0 saturated heterocycles. The van der Waals surface area contributed by atoms with Crippen LogP contribution in [-0.4, -0.2) is 41.8 Å². The Labute approximate surface area is 161 Å². The first kappa shape index (κ1) is 19.1. The highest BCUT2D eigenvalue weighted by molar-refractivity contribution is 5.92. The zero-order valence-corrected chi connectivity index (χ0v) is 17.1. The average Bonchev–Trinajstić information content (AvgIpc) is 3.06. The minimum absolute atomic E-state index is 0.00876. The lowest BCUT2D eigenvalue weighted by Gasteiger charge is -2.39. The first-order chi connectivity index (χ1) is 12.6. The van der Waals surface area contributed by atoms with Crippen molar-refractivity contribution in [1.29, 1.82) is 0 Å². The van der Waals surface area contributed by atoms with Gasteiger partial charge in [0.15, 0.2) is 11.9 Å². The summed E-state index contributed by atoms with van der Waals surface area (Å²) in [6, 6.07) is 0. The van der Waals surface area contributed by atoms with Crippen LogP contribution in [0.4, 0.5) is 0 Å². The lowest BCUT2D eigenvalue weighted by atomic mass is 9.66. The maximum absolute atomic E-state index is 13.6. The van der Waals surface area contributed by atoms with E-state index >= 15 is 0 Å². The van der Waals surface area contributed by atoms with E-state index in [0.717, 1.165) is 31.3 Å². The molecule has 5 nitrogen and oxygen atoms in total. The number of ether oxygens (including phenoxy) is 2. The number of Topliss-reactive ketones (excluding diaryl/α,β-unsaturated/α-hetero) is 1. The standard InChI is InChI=1S/C22H32O5/c1-11(2)15-20(27-12(3)23)18(25)17-19-16-13(10-26-19)14(24)6-7-21(16,4)8-9-22(15,17)5/h11,14-15,17,19-20,24H,6-10H2,1-5H3/t14-,15-,17+,19-,20-,21-,22+/m0/s1. The molecule has 0 spiro atoms. The maximum atomic E-state index is 13.6. The molecule has 0 aromatic carbocycles. The molecule has 0 unspecified atom stereocenters. The van der Waals surface area contributed by atoms with Crippen molar-refractivity contribution >= 4 is 11.8 Å². The van der Waals surface area contributed by atoms with Crippen molar-refractivity contribution in [2.45, 2.75) is 78.6 Å². The van der Waals surface area contributed by atoms with E-state index < -0.39 is 18.2 Å². The number of hydrogen-bond acceptors (Lipinski definition) is 5. The van der Waals surface area contributed by atoms with E-state index in [4.69, 9.17) is 9.47 Å². The van der Waals surface area contributed by atoms with E-state index in [9.17, 15) is 14.7 Å². The Morgan fingerprint density at radius 2 is 1.96 bits per heavy atom. The summed E-state index contributed by atoms with van der Waals surface area (Å²) in [6.45, 7) is 10.5. The van der Waals surface area contributed by atoms with Crippen LogP contribution in [-0.2, 0) is 19.1 Å². The Morgan fingerprint density at radius 3 is 2.59 bits per heavy atom. The second-order valence-electron chi connectivity index (χ2n) is 9.97. The fourth-order valence-electron chi connectivity index (χ4n) is 6.83. The fourth-order valence-corrected chi connectivity index (χ4v) is 6.83. The first-order valence-electron chi connectivity index (χ1n) is 10.3. The molecule has 0 aromatic rings. The van der Waals surface area contributed by atoms with Crippen LogP contribution in [0.25, 0.3) is 0 Å². The zero-order chi connectivity index (χ0) is 19.7. The number of ketones is 1. The molecule has 1 N–H and O–H groups in total. The quantitative estimate of drug-likeness (QED) is 0.592. The van der Waals surface area contributed by atoms with E-state index in [1.807, 2.05) is 0 Å². The van der Waals surface area contributed by atoms with Crippen LogP contribution in [0.15, 0.2) is 11.1 Å². The molecule has 150 valence electrons. The summed E-state index contributed by atoms with van der Waals surface area (Å²) in [5.74, 6) is -0.491. The van der Waals surface area contributed by atoms with Gasteiger partial charge < -0.3 is 14.6 Å². The van der Waals surface area contributed by atoms with Gasteiger partial charge in [-0.25, -0.2) is 0 Å². The monoisotopic (exact) mass is 376 g/mol. The molecule has 1 heterocycles. The molecule has 0 amide bonds. The first-order valence-corrected chi connectivity index (χ1v) is 10.3. The van der Waals surface area contributed by atoms with Crippen LogP contribution >= 0.6 is 0 Å². The van der Waals surface area contributed by atoms with Gasteiger partial charge in [-0.3, -0.25) is 9.59 Å². The normalized spacial score (nSPS) is 46.3. The van der Waals surface area contributed by atoms with E-state index in [2.05, 4.69) is 27.7 Å². The number of esters is 1. The molecule has 27 heavy (non-hydrogen) atoms. The van der Waals surface area contributed by atoms with Crippen LogP contribution < -0.4 is 0 Å². The molecule has 4 aliphatic rings. The number of carbonyl (C=O) groups is 2. The largest absolute Gasteiger partial charge is 0.454 e. The van der Waals surface area contributed by atoms with Crippen molar-refractivity contribution < 1.29 is 24.2 Å². The summed E-state index contributed by atoms with van der Waals surface area (Å²) < 4.78 is 11.8. The highest BCUT2D eigenvalue weighted by atomic mass is 16.5. The summed E-state index contributed by atoms with van der Waals surface area (Å²) in [5.41, 5.74) is 1.89. The number of rotatable bonds is 2. The number of fused-ring (bicyclic) bond motifs is 2. The van der Waals surface area contributed by atoms with Gasteiger partial charge in [0.2, 0.25) is 0 Å². The molecule has 5 heteroatoms. The molecule has 7 atom stereocenters. The SMILES string of the molecule is CC(=O)O[C@@H]1C(=O)[C@@H]2[C@H]3OCC4=C3[C@@](C)(CC[C@@H]4O)CC[C@]2(C)[C@H]1C(C)C. The predicted octanol–water partition coefficient (Wildman–Crippen LogP) is 3.05. The highest BCUT2D eigenvalue weighted by Crippen LogP contribution is 2.63.